The van der Waals surface area contributed by atoms with Crippen molar-refractivity contribution in [1.29, 1.82) is 0 Å². The number of nitrogens with zero attached hydrogens (tertiary/aromatic N) is 1. The summed E-state index contributed by atoms with van der Waals surface area (Å²) in [4.78, 5) is 24.8. The second kappa shape index (κ2) is 5.04. The molecule has 1 heterocycles. The van der Waals surface area contributed by atoms with E-state index < -0.39 is 5.97 Å². The summed E-state index contributed by atoms with van der Waals surface area (Å²) in [6.45, 7) is 3.34. The van der Waals surface area contributed by atoms with Crippen molar-refractivity contribution in [3.8, 4) is 0 Å². The Hall–Kier alpha value is -2.10. The van der Waals surface area contributed by atoms with Crippen molar-refractivity contribution in [3.63, 3.8) is 0 Å². The van der Waals surface area contributed by atoms with E-state index in [2.05, 4.69) is 0 Å². The van der Waals surface area contributed by atoms with E-state index in [1.807, 2.05) is 13.0 Å². The number of carboxylic acids is 1. The Morgan fingerprint density at radius 1 is 1.28 bits per heavy atom. The Morgan fingerprint density at radius 3 is 2.61 bits per heavy atom. The van der Waals surface area contributed by atoms with Gasteiger partial charge in [-0.3, -0.25) is 4.79 Å². The Bertz CT molecular complexity index is 520. The van der Waals surface area contributed by atoms with Gasteiger partial charge in [-0.05, 0) is 31.5 Å². The zero-order chi connectivity index (χ0) is 13.1. The molecule has 18 heavy (non-hydrogen) atoms. The van der Waals surface area contributed by atoms with Gasteiger partial charge >= 0.3 is 5.97 Å². The van der Waals surface area contributed by atoms with Crippen molar-refractivity contribution < 1.29 is 14.7 Å². The molecule has 1 N–H and O–H groups in total. The molecule has 0 bridgehead atoms. The van der Waals surface area contributed by atoms with Gasteiger partial charge < -0.3 is 10.0 Å². The van der Waals surface area contributed by atoms with Gasteiger partial charge in [0.25, 0.3) is 5.91 Å². The minimum Gasteiger partial charge on any atom is -0.478 e. The maximum atomic E-state index is 12.2. The van der Waals surface area contributed by atoms with Crippen LogP contribution in [0.1, 0.15) is 34.1 Å². The molecule has 94 valence electrons. The third kappa shape index (κ3) is 2.59. The van der Waals surface area contributed by atoms with Crippen LogP contribution < -0.4 is 0 Å². The van der Waals surface area contributed by atoms with Gasteiger partial charge in [-0.2, -0.15) is 0 Å². The van der Waals surface area contributed by atoms with Crippen LogP contribution >= 0.6 is 0 Å². The van der Waals surface area contributed by atoms with Gasteiger partial charge in [-0.25, -0.2) is 4.79 Å². The van der Waals surface area contributed by atoms with Crippen molar-refractivity contribution in [2.75, 3.05) is 13.1 Å². The van der Waals surface area contributed by atoms with Crippen LogP contribution in [0.15, 0.2) is 35.9 Å². The fourth-order valence-corrected chi connectivity index (χ4v) is 1.92. The van der Waals surface area contributed by atoms with Crippen molar-refractivity contribution in [2.45, 2.75) is 13.3 Å². The van der Waals surface area contributed by atoms with Crippen molar-refractivity contribution in [2.24, 2.45) is 0 Å². The van der Waals surface area contributed by atoms with Gasteiger partial charge in [0.1, 0.15) is 0 Å². The van der Waals surface area contributed by atoms with E-state index >= 15 is 0 Å². The summed E-state index contributed by atoms with van der Waals surface area (Å²) in [5.41, 5.74) is 1.87. The van der Waals surface area contributed by atoms with Gasteiger partial charge in [0.15, 0.2) is 0 Å². The highest BCUT2D eigenvalue weighted by atomic mass is 16.4. The van der Waals surface area contributed by atoms with Gasteiger partial charge in [-0.15, -0.1) is 0 Å². The lowest BCUT2D eigenvalue weighted by molar-refractivity contribution is 0.0697. The molecule has 0 fully saturated rings. The fraction of sp³-hybridized carbons (Fsp3) is 0.286. The monoisotopic (exact) mass is 245 g/mol. The number of carbonyl (C=O) groups excluding carboxylic acids is 1. The summed E-state index contributed by atoms with van der Waals surface area (Å²) >= 11 is 0. The van der Waals surface area contributed by atoms with Crippen LogP contribution in [0.3, 0.4) is 0 Å². The summed E-state index contributed by atoms with van der Waals surface area (Å²) in [6, 6.07) is 6.16. The lowest BCUT2D eigenvalue weighted by atomic mass is 10.1. The number of aromatic carboxylic acids is 1. The number of hydrogen-bond donors (Lipinski definition) is 1. The second-order valence-corrected chi connectivity index (χ2v) is 4.44. The number of carboxylic acid groups (broad SMARTS) is 1. The summed E-state index contributed by atoms with van der Waals surface area (Å²) in [5.74, 6) is -1.12. The third-order valence-corrected chi connectivity index (χ3v) is 3.08. The molecule has 0 spiro atoms. The first-order chi connectivity index (χ1) is 8.58. The lowest BCUT2D eigenvalue weighted by Gasteiger charge is -2.25. The zero-order valence-electron chi connectivity index (χ0n) is 10.2. The normalized spacial score (nSPS) is 15.2. The quantitative estimate of drug-likeness (QED) is 0.812. The number of carbonyl (C=O) groups is 2. The predicted molar refractivity (Wildman–Crippen MR) is 67.7 cm³/mol. The van der Waals surface area contributed by atoms with E-state index in [4.69, 9.17) is 5.11 Å². The smallest absolute Gasteiger partial charge is 0.335 e. The van der Waals surface area contributed by atoms with Crippen molar-refractivity contribution >= 4 is 11.9 Å². The zero-order valence-corrected chi connectivity index (χ0v) is 10.2. The highest BCUT2D eigenvalue weighted by Crippen LogP contribution is 2.14. The predicted octanol–water partition coefficient (Wildman–Crippen LogP) is 2.18. The third-order valence-electron chi connectivity index (χ3n) is 3.08. The minimum absolute atomic E-state index is 0.109. The number of rotatable bonds is 2. The SMILES string of the molecule is CC1=CCN(C(=O)c2cccc(C(=O)O)c2)CC1. The molecule has 4 heteroatoms. The Balaban J connectivity index is 2.19. The molecular weight excluding hydrogens is 230 g/mol. The molecule has 0 atom stereocenters. The van der Waals surface area contributed by atoms with Crippen molar-refractivity contribution in [1.82, 2.24) is 4.90 Å². The van der Waals surface area contributed by atoms with Crippen LogP contribution in [0.5, 0.6) is 0 Å². The minimum atomic E-state index is -1.01. The molecule has 0 saturated carbocycles. The van der Waals surface area contributed by atoms with Crippen LogP contribution in [0.2, 0.25) is 0 Å². The fourth-order valence-electron chi connectivity index (χ4n) is 1.92. The van der Waals surface area contributed by atoms with Crippen LogP contribution in [0, 0.1) is 0 Å². The summed E-state index contributed by atoms with van der Waals surface area (Å²) in [5, 5.41) is 8.90. The maximum absolute atomic E-state index is 12.2. The van der Waals surface area contributed by atoms with E-state index in [0.717, 1.165) is 6.42 Å². The van der Waals surface area contributed by atoms with E-state index in [-0.39, 0.29) is 11.5 Å². The Kier molecular flexibility index (Phi) is 3.46. The van der Waals surface area contributed by atoms with Gasteiger partial charge in [0.05, 0.1) is 5.56 Å². The molecule has 0 radical (unpaired) electrons. The molecule has 1 amide bonds. The first kappa shape index (κ1) is 12.4. The van der Waals surface area contributed by atoms with Gasteiger partial charge in [0.2, 0.25) is 0 Å². The summed E-state index contributed by atoms with van der Waals surface area (Å²) < 4.78 is 0. The Morgan fingerprint density at radius 2 is 2.00 bits per heavy atom. The molecule has 4 nitrogen and oxygen atoms in total. The van der Waals surface area contributed by atoms with E-state index in [9.17, 15) is 9.59 Å². The van der Waals surface area contributed by atoms with E-state index in [0.29, 0.717) is 18.7 Å². The number of hydrogen-bond acceptors (Lipinski definition) is 2. The standard InChI is InChI=1S/C14H15NO3/c1-10-5-7-15(8-6-10)13(16)11-3-2-4-12(9-11)14(17)18/h2-5,9H,6-8H2,1H3,(H,17,18). The summed E-state index contributed by atoms with van der Waals surface area (Å²) in [6.07, 6.45) is 2.91. The molecule has 1 aliphatic heterocycles. The Labute approximate surface area is 106 Å². The largest absolute Gasteiger partial charge is 0.478 e. The van der Waals surface area contributed by atoms with Crippen LogP contribution in [-0.2, 0) is 0 Å². The first-order valence-corrected chi connectivity index (χ1v) is 5.86. The average Bonchev–Trinajstić information content (AvgIpc) is 2.39. The van der Waals surface area contributed by atoms with Crippen LogP contribution in [-0.4, -0.2) is 35.0 Å². The first-order valence-electron chi connectivity index (χ1n) is 5.86. The van der Waals surface area contributed by atoms with Gasteiger partial charge in [0, 0.05) is 18.7 Å². The van der Waals surface area contributed by atoms with Gasteiger partial charge in [-0.1, -0.05) is 17.7 Å². The molecule has 0 aliphatic carbocycles. The van der Waals surface area contributed by atoms with E-state index in [1.54, 1.807) is 17.0 Å². The highest BCUT2D eigenvalue weighted by Gasteiger charge is 2.18. The van der Waals surface area contributed by atoms with E-state index in [1.165, 1.54) is 17.7 Å². The topological polar surface area (TPSA) is 57.6 Å². The molecule has 1 aromatic carbocycles. The highest BCUT2D eigenvalue weighted by molar-refractivity contribution is 5.97. The molecule has 1 aliphatic rings. The van der Waals surface area contributed by atoms with Crippen molar-refractivity contribution in [3.05, 3.63) is 47.0 Å². The molecular formula is C14H15NO3. The molecule has 2 rings (SSSR count). The van der Waals surface area contributed by atoms with Crippen LogP contribution in [0.25, 0.3) is 0 Å². The average molecular weight is 245 g/mol. The number of amides is 1. The van der Waals surface area contributed by atoms with Crippen LogP contribution in [0.4, 0.5) is 0 Å². The molecule has 0 saturated heterocycles. The lowest BCUT2D eigenvalue weighted by Crippen LogP contribution is -2.34. The molecule has 0 aromatic heterocycles. The molecule has 1 aromatic rings. The second-order valence-electron chi connectivity index (χ2n) is 4.44. The number of benzene rings is 1. The molecule has 0 unspecified atom stereocenters. The summed E-state index contributed by atoms with van der Waals surface area (Å²) in [7, 11) is 0. The maximum Gasteiger partial charge on any atom is 0.335 e.